The van der Waals surface area contributed by atoms with Crippen molar-refractivity contribution < 1.29 is 4.79 Å². The van der Waals surface area contributed by atoms with Crippen LogP contribution in [-0.4, -0.2) is 11.7 Å². The summed E-state index contributed by atoms with van der Waals surface area (Å²) in [7, 11) is 0. The van der Waals surface area contributed by atoms with Crippen molar-refractivity contribution in [1.29, 1.82) is 0 Å². The first-order chi connectivity index (χ1) is 10.8. The van der Waals surface area contributed by atoms with Gasteiger partial charge in [-0.2, -0.15) is 0 Å². The van der Waals surface area contributed by atoms with Crippen LogP contribution in [0.3, 0.4) is 0 Å². The Hall–Kier alpha value is -1.74. The van der Waals surface area contributed by atoms with Crippen molar-refractivity contribution in [2.75, 3.05) is 5.75 Å². The smallest absolute Gasteiger partial charge is 0.252 e. The average Bonchev–Trinajstić information content (AvgIpc) is 2.56. The quantitative estimate of drug-likeness (QED) is 0.836. The normalized spacial score (nSPS) is 16.9. The number of carbonyl (C=O) groups is 1. The number of aryl methyl sites for hydroxylation is 1. The van der Waals surface area contributed by atoms with Gasteiger partial charge in [-0.15, -0.1) is 11.8 Å². The lowest BCUT2D eigenvalue weighted by Crippen LogP contribution is -2.31. The van der Waals surface area contributed by atoms with Gasteiger partial charge in [0, 0.05) is 4.90 Å². The summed E-state index contributed by atoms with van der Waals surface area (Å²) in [6.07, 6.45) is 3.27. The number of hydrogen-bond acceptors (Lipinski definition) is 2. The van der Waals surface area contributed by atoms with Crippen molar-refractivity contribution in [2.24, 2.45) is 0 Å². The maximum Gasteiger partial charge on any atom is 0.252 e. The molecule has 1 aliphatic rings. The highest BCUT2D eigenvalue weighted by Crippen LogP contribution is 2.30. The molecule has 0 aliphatic heterocycles. The molecule has 2 aromatic rings. The van der Waals surface area contributed by atoms with Gasteiger partial charge in [0.2, 0.25) is 0 Å². The van der Waals surface area contributed by atoms with E-state index in [2.05, 4.69) is 36.5 Å². The summed E-state index contributed by atoms with van der Waals surface area (Å²) in [5.74, 6) is 1.01. The Balaban J connectivity index is 1.81. The predicted octanol–water partition coefficient (Wildman–Crippen LogP) is 4.61. The number of nitrogens with one attached hydrogen (secondary N) is 1. The third-order valence-electron chi connectivity index (χ3n) is 4.11. The zero-order valence-electron chi connectivity index (χ0n) is 12.8. The van der Waals surface area contributed by atoms with E-state index >= 15 is 0 Å². The van der Waals surface area contributed by atoms with Gasteiger partial charge in [0.05, 0.1) is 11.6 Å². The zero-order valence-corrected chi connectivity index (χ0v) is 13.7. The van der Waals surface area contributed by atoms with Crippen molar-refractivity contribution in [2.45, 2.75) is 37.1 Å². The van der Waals surface area contributed by atoms with Crippen molar-refractivity contribution in [3.63, 3.8) is 0 Å². The molecule has 1 unspecified atom stereocenters. The second-order valence-electron chi connectivity index (χ2n) is 5.55. The van der Waals surface area contributed by atoms with Gasteiger partial charge in [0.1, 0.15) is 0 Å². The standard InChI is InChI=1S/C19H21NOS/c1-2-22-18-13-6-5-11-16(18)19(21)20-17-12-7-9-14-8-3-4-10-15(14)17/h3-6,8,10-11,13,17H,2,7,9,12H2,1H3,(H,20,21). The molecule has 0 fully saturated rings. The highest BCUT2D eigenvalue weighted by Gasteiger charge is 2.22. The molecule has 0 heterocycles. The first kappa shape index (κ1) is 15.2. The third-order valence-corrected chi connectivity index (χ3v) is 5.06. The summed E-state index contributed by atoms with van der Waals surface area (Å²) < 4.78 is 0. The fraction of sp³-hybridized carbons (Fsp3) is 0.316. The summed E-state index contributed by atoms with van der Waals surface area (Å²) >= 11 is 1.72. The molecule has 3 rings (SSSR count). The van der Waals surface area contributed by atoms with Gasteiger partial charge in [-0.1, -0.05) is 43.3 Å². The Bertz CT molecular complexity index is 668. The topological polar surface area (TPSA) is 29.1 Å². The van der Waals surface area contributed by atoms with Crippen LogP contribution in [0.4, 0.5) is 0 Å². The molecule has 0 radical (unpaired) electrons. The Kier molecular flexibility index (Phi) is 4.84. The molecule has 114 valence electrons. The predicted molar refractivity (Wildman–Crippen MR) is 92.4 cm³/mol. The van der Waals surface area contributed by atoms with E-state index in [-0.39, 0.29) is 11.9 Å². The number of amides is 1. The van der Waals surface area contributed by atoms with E-state index in [0.717, 1.165) is 35.5 Å². The van der Waals surface area contributed by atoms with Crippen molar-refractivity contribution in [3.8, 4) is 0 Å². The van der Waals surface area contributed by atoms with Gasteiger partial charge in [-0.3, -0.25) is 4.79 Å². The second kappa shape index (κ2) is 7.01. The Morgan fingerprint density at radius 2 is 1.95 bits per heavy atom. The summed E-state index contributed by atoms with van der Waals surface area (Å²) in [5.41, 5.74) is 3.44. The molecular formula is C19H21NOS. The molecule has 0 bridgehead atoms. The lowest BCUT2D eigenvalue weighted by Gasteiger charge is -2.26. The van der Waals surface area contributed by atoms with Gasteiger partial charge < -0.3 is 5.32 Å². The van der Waals surface area contributed by atoms with Gasteiger partial charge in [-0.25, -0.2) is 0 Å². The molecule has 1 aliphatic carbocycles. The van der Waals surface area contributed by atoms with Gasteiger partial charge in [0.25, 0.3) is 5.91 Å². The number of benzene rings is 2. The highest BCUT2D eigenvalue weighted by molar-refractivity contribution is 7.99. The first-order valence-corrected chi connectivity index (χ1v) is 8.88. The number of rotatable bonds is 4. The molecule has 2 aromatic carbocycles. The molecule has 0 saturated heterocycles. The molecule has 2 nitrogen and oxygen atoms in total. The molecule has 0 saturated carbocycles. The molecule has 22 heavy (non-hydrogen) atoms. The fourth-order valence-corrected chi connectivity index (χ4v) is 3.88. The van der Waals surface area contributed by atoms with Crippen LogP contribution in [-0.2, 0) is 6.42 Å². The Morgan fingerprint density at radius 3 is 2.82 bits per heavy atom. The van der Waals surface area contributed by atoms with E-state index in [1.165, 1.54) is 11.1 Å². The van der Waals surface area contributed by atoms with Crippen LogP contribution in [0.5, 0.6) is 0 Å². The number of hydrogen-bond donors (Lipinski definition) is 1. The van der Waals surface area contributed by atoms with Crippen LogP contribution in [0.15, 0.2) is 53.4 Å². The molecule has 3 heteroatoms. The van der Waals surface area contributed by atoms with Crippen molar-refractivity contribution in [1.82, 2.24) is 5.32 Å². The van der Waals surface area contributed by atoms with Gasteiger partial charge >= 0.3 is 0 Å². The molecular weight excluding hydrogens is 290 g/mol. The van der Waals surface area contributed by atoms with E-state index in [0.29, 0.717) is 0 Å². The summed E-state index contributed by atoms with van der Waals surface area (Å²) in [4.78, 5) is 13.8. The lowest BCUT2D eigenvalue weighted by atomic mass is 9.87. The maximum absolute atomic E-state index is 12.7. The first-order valence-electron chi connectivity index (χ1n) is 7.90. The van der Waals surface area contributed by atoms with Crippen LogP contribution in [0.25, 0.3) is 0 Å². The van der Waals surface area contributed by atoms with E-state index in [9.17, 15) is 4.79 Å². The third kappa shape index (κ3) is 3.20. The molecule has 1 atom stereocenters. The lowest BCUT2D eigenvalue weighted by molar-refractivity contribution is 0.0930. The van der Waals surface area contributed by atoms with Gasteiger partial charge in [0.15, 0.2) is 0 Å². The number of carbonyl (C=O) groups excluding carboxylic acids is 1. The average molecular weight is 311 g/mol. The summed E-state index contributed by atoms with van der Waals surface area (Å²) in [6.45, 7) is 2.11. The van der Waals surface area contributed by atoms with E-state index in [1.54, 1.807) is 11.8 Å². The largest absolute Gasteiger partial charge is 0.345 e. The zero-order chi connectivity index (χ0) is 15.4. The van der Waals surface area contributed by atoms with E-state index in [4.69, 9.17) is 0 Å². The number of fused-ring (bicyclic) bond motifs is 1. The summed E-state index contributed by atoms with van der Waals surface area (Å²) in [5, 5.41) is 3.24. The highest BCUT2D eigenvalue weighted by atomic mass is 32.2. The Morgan fingerprint density at radius 1 is 1.18 bits per heavy atom. The molecule has 1 amide bonds. The minimum atomic E-state index is 0.0400. The molecule has 0 spiro atoms. The van der Waals surface area contributed by atoms with Crippen LogP contribution < -0.4 is 5.32 Å². The van der Waals surface area contributed by atoms with Crippen molar-refractivity contribution in [3.05, 3.63) is 65.2 Å². The van der Waals surface area contributed by atoms with Crippen LogP contribution in [0.2, 0.25) is 0 Å². The molecule has 0 aromatic heterocycles. The molecule has 1 N–H and O–H groups in total. The van der Waals surface area contributed by atoms with Crippen molar-refractivity contribution >= 4 is 17.7 Å². The SMILES string of the molecule is CCSc1ccccc1C(=O)NC1CCCc2ccccc21. The van der Waals surface area contributed by atoms with E-state index < -0.39 is 0 Å². The summed E-state index contributed by atoms with van der Waals surface area (Å²) in [6, 6.07) is 16.5. The van der Waals surface area contributed by atoms with Crippen LogP contribution in [0.1, 0.15) is 47.3 Å². The van der Waals surface area contributed by atoms with Crippen LogP contribution >= 0.6 is 11.8 Å². The minimum Gasteiger partial charge on any atom is -0.345 e. The number of thioether (sulfide) groups is 1. The monoisotopic (exact) mass is 311 g/mol. The maximum atomic E-state index is 12.7. The minimum absolute atomic E-state index is 0.0400. The van der Waals surface area contributed by atoms with Gasteiger partial charge in [-0.05, 0) is 48.3 Å². The van der Waals surface area contributed by atoms with Crippen LogP contribution in [0, 0.1) is 0 Å². The fourth-order valence-electron chi connectivity index (χ4n) is 3.08. The second-order valence-corrected chi connectivity index (χ2v) is 6.85. The Labute approximate surface area is 136 Å². The van der Waals surface area contributed by atoms with E-state index in [1.807, 2.05) is 24.3 Å².